The number of carbonyl (C=O) groups excluding carboxylic acids is 9. The Morgan fingerprint density at radius 3 is 1.45 bits per heavy atom. The molecule has 0 saturated carbocycles. The molecule has 17 N–H and O–H groups in total. The molecule has 0 radical (unpaired) electrons. The fourth-order valence-corrected chi connectivity index (χ4v) is 8.09. The zero-order chi connectivity index (χ0) is 54.0. The van der Waals surface area contributed by atoms with Crippen LogP contribution in [0.15, 0.2) is 0 Å². The topological polar surface area (TPSA) is 386 Å². The zero-order valence-corrected chi connectivity index (χ0v) is 43.9. The van der Waals surface area contributed by atoms with Crippen LogP contribution in [0.2, 0.25) is 0 Å². The molecule has 0 aromatic rings. The first-order chi connectivity index (χ1) is 33.5. The molecule has 0 aromatic carbocycles. The minimum Gasteiger partial charge on any atom is -0.394 e. The van der Waals surface area contributed by atoms with E-state index in [1.54, 1.807) is 34.6 Å². The number of rotatable bonds is 35. The van der Waals surface area contributed by atoms with Crippen LogP contribution < -0.4 is 60.2 Å². The molecule has 0 aromatic heterocycles. The van der Waals surface area contributed by atoms with E-state index < -0.39 is 132 Å². The summed E-state index contributed by atoms with van der Waals surface area (Å²) in [5.41, 5.74) is 23.0. The van der Waals surface area contributed by atoms with E-state index in [-0.39, 0.29) is 31.7 Å². The van der Waals surface area contributed by atoms with Gasteiger partial charge in [-0.15, -0.1) is 0 Å². The highest BCUT2D eigenvalue weighted by Crippen LogP contribution is 2.21. The van der Waals surface area contributed by atoms with Gasteiger partial charge in [-0.25, -0.2) is 0 Å². The van der Waals surface area contributed by atoms with Crippen LogP contribution in [-0.4, -0.2) is 161 Å². The lowest BCUT2D eigenvalue weighted by molar-refractivity contribution is -0.142. The van der Waals surface area contributed by atoms with Gasteiger partial charge in [0, 0.05) is 6.54 Å². The number of nitrogens with zero attached hydrogens (tertiary/aromatic N) is 1. The standard InChI is InChI=1S/C47H88N12O11S/c1-8-27(5)36(56-42(65)32(18-11-14-22-49)52-40(63)30(17-10-13-21-48)53-44(67)35(50)26(3)4)45(68)58-38(29(7)61)46(69)54-31(19-12-15-24-71)41(64)55-33(25-60)43(66)57-37(28(6)9-2)47(70)59-23-16-20-34(59)39(51)62/h26-38,60-61,71H,8-25,48-50H2,1-7H3,(H2,51,62)(H,52,63)(H,53,67)(H,54,69)(H,55,64)(H,56,65)(H,57,66)(H,58,68)/t27-,28-,29+,30-,31-,32-,33-,34-,35-,36-,37-,38-/m0/s1. The Balaban J connectivity index is 3.39. The molecule has 408 valence electrons. The number of amides is 9. The predicted molar refractivity (Wildman–Crippen MR) is 271 cm³/mol. The third-order valence-electron chi connectivity index (χ3n) is 13.0. The summed E-state index contributed by atoms with van der Waals surface area (Å²) in [7, 11) is 0. The number of likely N-dealkylation sites (tertiary alicyclic amines) is 1. The smallest absolute Gasteiger partial charge is 0.246 e. The molecule has 1 heterocycles. The maximum absolute atomic E-state index is 14.1. The first-order valence-corrected chi connectivity index (χ1v) is 26.0. The van der Waals surface area contributed by atoms with E-state index in [1.165, 1.54) is 11.8 Å². The van der Waals surface area contributed by atoms with Gasteiger partial charge < -0.3 is 75.3 Å². The summed E-state index contributed by atoms with van der Waals surface area (Å²) in [6, 6.07) is -11.0. The fraction of sp³-hybridized carbons (Fsp3) is 0.809. The maximum atomic E-state index is 14.1. The molecule has 24 heteroatoms. The predicted octanol–water partition coefficient (Wildman–Crippen LogP) is -2.34. The van der Waals surface area contributed by atoms with Gasteiger partial charge in [0.15, 0.2) is 0 Å². The Morgan fingerprint density at radius 2 is 1.00 bits per heavy atom. The average molecular weight is 1030 g/mol. The lowest BCUT2D eigenvalue weighted by Gasteiger charge is -2.32. The maximum Gasteiger partial charge on any atom is 0.246 e. The number of hydrogen-bond acceptors (Lipinski definition) is 15. The summed E-state index contributed by atoms with van der Waals surface area (Å²) in [5, 5.41) is 39.5. The summed E-state index contributed by atoms with van der Waals surface area (Å²) < 4.78 is 0. The van der Waals surface area contributed by atoms with Crippen molar-refractivity contribution >= 4 is 65.8 Å². The van der Waals surface area contributed by atoms with E-state index in [1.807, 2.05) is 6.92 Å². The zero-order valence-electron chi connectivity index (χ0n) is 43.0. The van der Waals surface area contributed by atoms with E-state index in [0.29, 0.717) is 83.1 Å². The summed E-state index contributed by atoms with van der Waals surface area (Å²) in [6.07, 6.45) is 3.44. The molecule has 0 spiro atoms. The van der Waals surface area contributed by atoms with Gasteiger partial charge in [-0.3, -0.25) is 43.2 Å². The van der Waals surface area contributed by atoms with Gasteiger partial charge in [-0.1, -0.05) is 60.8 Å². The van der Waals surface area contributed by atoms with E-state index in [4.69, 9.17) is 22.9 Å². The summed E-state index contributed by atoms with van der Waals surface area (Å²) in [4.78, 5) is 124. The van der Waals surface area contributed by atoms with Gasteiger partial charge >= 0.3 is 0 Å². The van der Waals surface area contributed by atoms with Gasteiger partial charge in [0.2, 0.25) is 53.2 Å². The molecule has 1 rings (SSSR count). The summed E-state index contributed by atoms with van der Waals surface area (Å²) in [6.45, 7) is 11.8. The highest BCUT2D eigenvalue weighted by atomic mass is 32.1. The molecular weight excluding hydrogens is 941 g/mol. The van der Waals surface area contributed by atoms with Crippen LogP contribution in [0.1, 0.15) is 132 Å². The number of aliphatic hydroxyl groups is 2. The minimum atomic E-state index is -1.67. The molecule has 0 bridgehead atoms. The van der Waals surface area contributed by atoms with Crippen molar-refractivity contribution in [2.24, 2.45) is 40.7 Å². The molecule has 1 saturated heterocycles. The molecule has 1 aliphatic heterocycles. The lowest BCUT2D eigenvalue weighted by Crippen LogP contribution is -2.63. The number of thiol groups is 1. The second kappa shape index (κ2) is 33.9. The van der Waals surface area contributed by atoms with Crippen LogP contribution in [0, 0.1) is 17.8 Å². The number of nitrogens with one attached hydrogen (secondary N) is 7. The van der Waals surface area contributed by atoms with Gasteiger partial charge in [0.1, 0.15) is 48.3 Å². The fourth-order valence-electron chi connectivity index (χ4n) is 7.87. The lowest BCUT2D eigenvalue weighted by atomic mass is 9.96. The van der Waals surface area contributed by atoms with Crippen LogP contribution in [0.25, 0.3) is 0 Å². The van der Waals surface area contributed by atoms with E-state index in [9.17, 15) is 53.4 Å². The van der Waals surface area contributed by atoms with Crippen molar-refractivity contribution in [3.8, 4) is 0 Å². The van der Waals surface area contributed by atoms with Crippen molar-refractivity contribution in [3.63, 3.8) is 0 Å². The summed E-state index contributed by atoms with van der Waals surface area (Å²) in [5.74, 6) is -7.49. The molecule has 12 atom stereocenters. The number of aliphatic hydroxyl groups excluding tert-OH is 2. The first kappa shape index (κ1) is 64.4. The van der Waals surface area contributed by atoms with E-state index in [2.05, 4.69) is 49.8 Å². The highest BCUT2D eigenvalue weighted by Gasteiger charge is 2.40. The van der Waals surface area contributed by atoms with Crippen LogP contribution in [-0.2, 0) is 43.2 Å². The Labute approximate surface area is 425 Å². The van der Waals surface area contributed by atoms with Crippen molar-refractivity contribution in [2.75, 3.05) is 32.0 Å². The van der Waals surface area contributed by atoms with E-state index >= 15 is 0 Å². The number of unbranched alkanes of at least 4 members (excludes halogenated alkanes) is 3. The second-order valence-corrected chi connectivity index (χ2v) is 19.5. The monoisotopic (exact) mass is 1030 g/mol. The SMILES string of the molecule is CC[C@H](C)[C@H](NC(=O)[C@H](CCCCN)NC(=O)[C@H](CCCCN)NC(=O)[C@@H](N)C(C)C)C(=O)N[C@H](C(=O)N[C@@H](CCCCS)C(=O)N[C@@H](CO)C(=O)N[C@H](C(=O)N1CCC[C@H]1C(N)=O)[C@@H](C)CC)[C@@H](C)O. The third-order valence-corrected chi connectivity index (χ3v) is 13.3. The number of primary amides is 1. The number of nitrogens with two attached hydrogens (primary N) is 4. The highest BCUT2D eigenvalue weighted by molar-refractivity contribution is 7.80. The Hall–Kier alpha value is -4.62. The van der Waals surface area contributed by atoms with Crippen LogP contribution in [0.5, 0.6) is 0 Å². The first-order valence-electron chi connectivity index (χ1n) is 25.3. The molecule has 23 nitrogen and oxygen atoms in total. The van der Waals surface area contributed by atoms with Gasteiger partial charge in [-0.05, 0) is 108 Å². The number of hydrogen-bond donors (Lipinski definition) is 14. The third kappa shape index (κ3) is 21.6. The minimum absolute atomic E-state index is 0.0146. The van der Waals surface area contributed by atoms with Gasteiger partial charge in [0.05, 0.1) is 18.8 Å². The molecule has 0 unspecified atom stereocenters. The Morgan fingerprint density at radius 1 is 0.592 bits per heavy atom. The molecule has 9 amide bonds. The van der Waals surface area contributed by atoms with Crippen LogP contribution in [0.3, 0.4) is 0 Å². The molecular formula is C47H88N12O11S. The molecule has 1 fully saturated rings. The molecule has 1 aliphatic rings. The van der Waals surface area contributed by atoms with Crippen molar-refractivity contribution in [1.82, 2.24) is 42.1 Å². The van der Waals surface area contributed by atoms with Crippen molar-refractivity contribution in [3.05, 3.63) is 0 Å². The largest absolute Gasteiger partial charge is 0.394 e. The Kier molecular flexibility index (Phi) is 30.8. The normalized spacial score (nSPS) is 18.2. The van der Waals surface area contributed by atoms with Crippen molar-refractivity contribution < 1.29 is 53.4 Å². The van der Waals surface area contributed by atoms with E-state index in [0.717, 1.165) is 0 Å². The summed E-state index contributed by atoms with van der Waals surface area (Å²) >= 11 is 4.24. The Bertz CT molecular complexity index is 1730. The average Bonchev–Trinajstić information content (AvgIpc) is 3.84. The number of carbonyl (C=O) groups is 9. The van der Waals surface area contributed by atoms with Crippen LogP contribution >= 0.6 is 12.6 Å². The van der Waals surface area contributed by atoms with Crippen LogP contribution in [0.4, 0.5) is 0 Å². The second-order valence-electron chi connectivity index (χ2n) is 19.0. The molecule has 71 heavy (non-hydrogen) atoms. The van der Waals surface area contributed by atoms with Gasteiger partial charge in [-0.2, -0.15) is 12.6 Å². The molecule has 0 aliphatic carbocycles. The van der Waals surface area contributed by atoms with Gasteiger partial charge in [0.25, 0.3) is 0 Å². The quantitative estimate of drug-likeness (QED) is 0.0234. The van der Waals surface area contributed by atoms with Crippen molar-refractivity contribution in [2.45, 2.75) is 192 Å². The van der Waals surface area contributed by atoms with Crippen molar-refractivity contribution in [1.29, 1.82) is 0 Å².